The Morgan fingerprint density at radius 3 is 2.67 bits per heavy atom. The Morgan fingerprint density at radius 1 is 1.29 bits per heavy atom. The van der Waals surface area contributed by atoms with Gasteiger partial charge in [-0.05, 0) is 48.9 Å². The van der Waals surface area contributed by atoms with E-state index in [9.17, 15) is 9.18 Å². The fourth-order valence-electron chi connectivity index (χ4n) is 1.77. The number of carbonyl (C=O) groups excluding carboxylic acids is 1. The molecule has 0 bridgehead atoms. The zero-order chi connectivity index (χ0) is 15.2. The van der Waals surface area contributed by atoms with Gasteiger partial charge in [-0.2, -0.15) is 0 Å². The van der Waals surface area contributed by atoms with Crippen molar-refractivity contribution >= 4 is 11.6 Å². The average Bonchev–Trinajstić information content (AvgIpc) is 2.48. The van der Waals surface area contributed by atoms with Crippen LogP contribution in [-0.4, -0.2) is 12.5 Å². The lowest BCUT2D eigenvalue weighted by molar-refractivity contribution is -0.118. The van der Waals surface area contributed by atoms with Crippen molar-refractivity contribution < 1.29 is 13.9 Å². The van der Waals surface area contributed by atoms with Crippen LogP contribution in [0.25, 0.3) is 0 Å². The molecule has 0 heterocycles. The number of hydrogen-bond donors (Lipinski definition) is 2. The van der Waals surface area contributed by atoms with E-state index in [2.05, 4.69) is 5.32 Å². The van der Waals surface area contributed by atoms with Crippen molar-refractivity contribution in [3.63, 3.8) is 0 Å². The van der Waals surface area contributed by atoms with Crippen LogP contribution in [0.5, 0.6) is 5.75 Å². The number of benzene rings is 2. The average molecular weight is 288 g/mol. The Kier molecular flexibility index (Phi) is 4.90. The van der Waals surface area contributed by atoms with E-state index < -0.39 is 0 Å². The smallest absolute Gasteiger partial charge is 0.262 e. The predicted octanol–water partition coefficient (Wildman–Crippen LogP) is 2.86. The highest BCUT2D eigenvalue weighted by Gasteiger charge is 2.05. The molecular weight excluding hydrogens is 271 g/mol. The lowest BCUT2D eigenvalue weighted by Crippen LogP contribution is -2.20. The monoisotopic (exact) mass is 288 g/mol. The van der Waals surface area contributed by atoms with Crippen LogP contribution in [0, 0.1) is 5.82 Å². The summed E-state index contributed by atoms with van der Waals surface area (Å²) in [5.74, 6) is -0.0798. The molecule has 1 amide bonds. The molecule has 110 valence electrons. The van der Waals surface area contributed by atoms with Gasteiger partial charge in [0.2, 0.25) is 0 Å². The molecule has 0 saturated heterocycles. The van der Waals surface area contributed by atoms with E-state index in [1.165, 1.54) is 24.3 Å². The highest BCUT2D eigenvalue weighted by atomic mass is 19.1. The minimum Gasteiger partial charge on any atom is -0.484 e. The van der Waals surface area contributed by atoms with Crippen LogP contribution >= 0.6 is 0 Å². The molecule has 2 rings (SSSR count). The van der Waals surface area contributed by atoms with Crippen LogP contribution in [0.2, 0.25) is 0 Å². The van der Waals surface area contributed by atoms with Gasteiger partial charge in [-0.3, -0.25) is 4.79 Å². The van der Waals surface area contributed by atoms with Gasteiger partial charge in [-0.1, -0.05) is 12.1 Å². The minimum atomic E-state index is -0.350. The van der Waals surface area contributed by atoms with E-state index in [1.807, 2.05) is 19.1 Å². The maximum absolute atomic E-state index is 12.7. The molecule has 0 aromatic heterocycles. The van der Waals surface area contributed by atoms with Crippen molar-refractivity contribution in [2.75, 3.05) is 11.9 Å². The summed E-state index contributed by atoms with van der Waals surface area (Å²) in [6.45, 7) is 1.75. The van der Waals surface area contributed by atoms with Crippen molar-refractivity contribution in [3.05, 3.63) is 59.9 Å². The number of carbonyl (C=O) groups is 1. The standard InChI is InChI=1S/C16H17FN2O2/c1-11(18)12-3-2-4-15(9-12)21-10-16(20)19-14-7-5-13(17)6-8-14/h2-9,11H,10,18H2,1H3,(H,19,20)/t11-/m0/s1. The third-order valence-corrected chi connectivity index (χ3v) is 2.88. The molecule has 5 heteroatoms. The van der Waals surface area contributed by atoms with Crippen LogP contribution in [0.1, 0.15) is 18.5 Å². The number of rotatable bonds is 5. The second-order valence-corrected chi connectivity index (χ2v) is 4.70. The zero-order valence-corrected chi connectivity index (χ0v) is 11.7. The largest absolute Gasteiger partial charge is 0.484 e. The van der Waals surface area contributed by atoms with Gasteiger partial charge >= 0.3 is 0 Å². The molecule has 0 aliphatic rings. The van der Waals surface area contributed by atoms with Gasteiger partial charge in [0.05, 0.1) is 0 Å². The number of amides is 1. The fraction of sp³-hybridized carbons (Fsp3) is 0.188. The number of nitrogens with two attached hydrogens (primary N) is 1. The van der Waals surface area contributed by atoms with E-state index >= 15 is 0 Å². The van der Waals surface area contributed by atoms with Gasteiger partial charge < -0.3 is 15.8 Å². The number of anilines is 1. The maximum Gasteiger partial charge on any atom is 0.262 e. The summed E-state index contributed by atoms with van der Waals surface area (Å²) < 4.78 is 18.2. The summed E-state index contributed by atoms with van der Waals surface area (Å²) in [5.41, 5.74) is 7.25. The van der Waals surface area contributed by atoms with Gasteiger partial charge in [-0.25, -0.2) is 4.39 Å². The first-order chi connectivity index (χ1) is 10.0. The van der Waals surface area contributed by atoms with Crippen LogP contribution in [0.15, 0.2) is 48.5 Å². The fourth-order valence-corrected chi connectivity index (χ4v) is 1.77. The predicted molar refractivity (Wildman–Crippen MR) is 79.6 cm³/mol. The van der Waals surface area contributed by atoms with Gasteiger partial charge in [0.15, 0.2) is 6.61 Å². The quantitative estimate of drug-likeness (QED) is 0.889. The lowest BCUT2D eigenvalue weighted by atomic mass is 10.1. The molecule has 2 aromatic rings. The van der Waals surface area contributed by atoms with E-state index in [-0.39, 0.29) is 24.4 Å². The Bertz CT molecular complexity index is 612. The van der Waals surface area contributed by atoms with Gasteiger partial charge in [0, 0.05) is 11.7 Å². The Morgan fingerprint density at radius 2 is 2.00 bits per heavy atom. The van der Waals surface area contributed by atoms with Crippen molar-refractivity contribution in [1.29, 1.82) is 0 Å². The third-order valence-electron chi connectivity index (χ3n) is 2.88. The molecular formula is C16H17FN2O2. The van der Waals surface area contributed by atoms with Crippen molar-refractivity contribution in [1.82, 2.24) is 0 Å². The molecule has 0 aliphatic heterocycles. The highest BCUT2D eigenvalue weighted by molar-refractivity contribution is 5.91. The van der Waals surface area contributed by atoms with Gasteiger partial charge in [0.25, 0.3) is 5.91 Å². The summed E-state index contributed by atoms with van der Waals surface area (Å²) in [7, 11) is 0. The van der Waals surface area contributed by atoms with Crippen LogP contribution in [0.3, 0.4) is 0 Å². The molecule has 4 nitrogen and oxygen atoms in total. The van der Waals surface area contributed by atoms with Crippen molar-refractivity contribution in [2.45, 2.75) is 13.0 Å². The molecule has 2 aromatic carbocycles. The summed E-state index contributed by atoms with van der Waals surface area (Å²) in [6, 6.07) is 12.7. The molecule has 0 radical (unpaired) electrons. The van der Waals surface area contributed by atoms with Gasteiger partial charge in [0.1, 0.15) is 11.6 Å². The second kappa shape index (κ2) is 6.85. The maximum atomic E-state index is 12.7. The summed E-state index contributed by atoms with van der Waals surface area (Å²) in [4.78, 5) is 11.7. The van der Waals surface area contributed by atoms with Crippen molar-refractivity contribution in [3.8, 4) is 5.75 Å². The van der Waals surface area contributed by atoms with Gasteiger partial charge in [-0.15, -0.1) is 0 Å². The van der Waals surface area contributed by atoms with E-state index in [1.54, 1.807) is 12.1 Å². The summed E-state index contributed by atoms with van der Waals surface area (Å²) >= 11 is 0. The van der Waals surface area contributed by atoms with Crippen LogP contribution < -0.4 is 15.8 Å². The topological polar surface area (TPSA) is 64.3 Å². The highest BCUT2D eigenvalue weighted by Crippen LogP contribution is 2.17. The SMILES string of the molecule is C[C@H](N)c1cccc(OCC(=O)Nc2ccc(F)cc2)c1. The molecule has 0 saturated carbocycles. The zero-order valence-electron chi connectivity index (χ0n) is 11.7. The Labute approximate surface area is 122 Å². The molecule has 0 unspecified atom stereocenters. The normalized spacial score (nSPS) is 11.8. The molecule has 0 spiro atoms. The summed E-state index contributed by atoms with van der Waals surface area (Å²) in [5, 5.41) is 2.62. The molecule has 0 aliphatic carbocycles. The van der Waals surface area contributed by atoms with Crippen LogP contribution in [-0.2, 0) is 4.79 Å². The number of nitrogens with one attached hydrogen (secondary N) is 1. The minimum absolute atomic E-state index is 0.0957. The number of halogens is 1. The first-order valence-corrected chi connectivity index (χ1v) is 6.58. The first-order valence-electron chi connectivity index (χ1n) is 6.58. The molecule has 21 heavy (non-hydrogen) atoms. The Balaban J connectivity index is 1.89. The van der Waals surface area contributed by atoms with E-state index in [0.29, 0.717) is 11.4 Å². The van der Waals surface area contributed by atoms with Crippen molar-refractivity contribution in [2.24, 2.45) is 5.73 Å². The number of hydrogen-bond acceptors (Lipinski definition) is 3. The molecule has 1 atom stereocenters. The lowest BCUT2D eigenvalue weighted by Gasteiger charge is -2.10. The first kappa shape index (κ1) is 15.0. The van der Waals surface area contributed by atoms with E-state index in [0.717, 1.165) is 5.56 Å². The number of ether oxygens (including phenoxy) is 1. The second-order valence-electron chi connectivity index (χ2n) is 4.70. The van der Waals surface area contributed by atoms with Crippen LogP contribution in [0.4, 0.5) is 10.1 Å². The molecule has 3 N–H and O–H groups in total. The Hall–Kier alpha value is -2.40. The third kappa shape index (κ3) is 4.57. The summed E-state index contributed by atoms with van der Waals surface area (Å²) in [6.07, 6.45) is 0. The molecule has 0 fully saturated rings. The van der Waals surface area contributed by atoms with E-state index in [4.69, 9.17) is 10.5 Å².